The Kier molecular flexibility index (Phi) is 10.6. The van der Waals surface area contributed by atoms with Crippen molar-refractivity contribution in [2.75, 3.05) is 6.26 Å². The number of benzene rings is 1. The Morgan fingerprint density at radius 3 is 2.40 bits per heavy atom. The topological polar surface area (TPSA) is 84.5 Å². The minimum absolute atomic E-state index is 0. The predicted octanol–water partition coefficient (Wildman–Crippen LogP) is 3.64. The number of nitrogens with one attached hydrogen (secondary N) is 1. The maximum atomic E-state index is 11.6. The van der Waals surface area contributed by atoms with E-state index in [1.807, 2.05) is 6.07 Å². The van der Waals surface area contributed by atoms with Gasteiger partial charge in [-0.15, -0.1) is 24.0 Å². The summed E-state index contributed by atoms with van der Waals surface area (Å²) in [6, 6.07) is 5.56. The van der Waals surface area contributed by atoms with Gasteiger partial charge in [0.1, 0.15) is 0 Å². The van der Waals surface area contributed by atoms with Crippen LogP contribution in [0.4, 0.5) is 0 Å². The summed E-state index contributed by atoms with van der Waals surface area (Å²) in [5, 5.41) is 3.21. The fourth-order valence-corrected chi connectivity index (χ4v) is 3.56. The Morgan fingerprint density at radius 1 is 1.24 bits per heavy atom. The van der Waals surface area contributed by atoms with Gasteiger partial charge in [-0.05, 0) is 43.4 Å². The van der Waals surface area contributed by atoms with Crippen LogP contribution in [0.5, 0.6) is 0 Å². The van der Waals surface area contributed by atoms with Gasteiger partial charge in [0.15, 0.2) is 15.8 Å². The number of halogens is 1. The van der Waals surface area contributed by atoms with E-state index in [0.717, 1.165) is 23.5 Å². The predicted molar refractivity (Wildman–Crippen MR) is 116 cm³/mol. The first-order chi connectivity index (χ1) is 11.1. The van der Waals surface area contributed by atoms with Crippen LogP contribution in [0.25, 0.3) is 0 Å². The van der Waals surface area contributed by atoms with Crippen molar-refractivity contribution in [1.82, 2.24) is 5.32 Å². The molecule has 0 spiro atoms. The molecule has 0 aliphatic heterocycles. The Labute approximate surface area is 169 Å². The normalized spacial score (nSPS) is 13.4. The van der Waals surface area contributed by atoms with Crippen molar-refractivity contribution < 1.29 is 8.42 Å². The highest BCUT2D eigenvalue weighted by Gasteiger charge is 2.10. The van der Waals surface area contributed by atoms with Crippen LogP contribution in [-0.4, -0.2) is 26.7 Å². The number of aliphatic imine (C=N–C) groups is 1. The summed E-state index contributed by atoms with van der Waals surface area (Å²) in [6.07, 6.45) is 4.67. The molecule has 25 heavy (non-hydrogen) atoms. The molecule has 0 radical (unpaired) electrons. The Morgan fingerprint density at radius 2 is 1.88 bits per heavy atom. The molecule has 0 fully saturated rings. The highest BCUT2D eigenvalue weighted by Crippen LogP contribution is 2.17. The number of nitrogens with two attached hydrogens (primary N) is 1. The van der Waals surface area contributed by atoms with Gasteiger partial charge < -0.3 is 11.1 Å². The van der Waals surface area contributed by atoms with Gasteiger partial charge in [0.2, 0.25) is 0 Å². The SMILES string of the molecule is Cc1cc(CN=C(N)NC(C)CCCC(C)C)ccc1S(C)(=O)=O.I. The van der Waals surface area contributed by atoms with E-state index >= 15 is 0 Å². The van der Waals surface area contributed by atoms with Crippen molar-refractivity contribution in [2.45, 2.75) is 64.4 Å². The number of nitrogens with zero attached hydrogens (tertiary/aromatic N) is 1. The number of hydrogen-bond acceptors (Lipinski definition) is 3. The van der Waals surface area contributed by atoms with Crippen molar-refractivity contribution in [3.05, 3.63) is 29.3 Å². The van der Waals surface area contributed by atoms with Gasteiger partial charge in [0, 0.05) is 12.3 Å². The number of rotatable bonds is 8. The molecule has 7 heteroatoms. The molecule has 1 atom stereocenters. The fourth-order valence-electron chi connectivity index (χ4n) is 2.60. The van der Waals surface area contributed by atoms with Crippen molar-refractivity contribution in [3.63, 3.8) is 0 Å². The lowest BCUT2D eigenvalue weighted by Crippen LogP contribution is -2.38. The van der Waals surface area contributed by atoms with Crippen molar-refractivity contribution >= 4 is 39.8 Å². The third-order valence-electron chi connectivity index (χ3n) is 3.88. The van der Waals surface area contributed by atoms with E-state index in [4.69, 9.17) is 5.73 Å². The third kappa shape index (κ3) is 9.44. The molecular weight excluding hydrogens is 449 g/mol. The summed E-state index contributed by atoms with van der Waals surface area (Å²) in [6.45, 7) is 8.79. The average Bonchev–Trinajstić information content (AvgIpc) is 2.43. The molecule has 0 amide bonds. The Hall–Kier alpha value is -0.830. The first-order valence-corrected chi connectivity index (χ1v) is 10.3. The van der Waals surface area contributed by atoms with Gasteiger partial charge in [0.05, 0.1) is 11.4 Å². The largest absolute Gasteiger partial charge is 0.370 e. The molecule has 3 N–H and O–H groups in total. The van der Waals surface area contributed by atoms with E-state index in [1.54, 1.807) is 19.1 Å². The second-order valence-electron chi connectivity index (χ2n) is 6.94. The van der Waals surface area contributed by atoms with Gasteiger partial charge in [-0.3, -0.25) is 0 Å². The third-order valence-corrected chi connectivity index (χ3v) is 5.14. The zero-order valence-electron chi connectivity index (χ0n) is 15.9. The van der Waals surface area contributed by atoms with E-state index in [9.17, 15) is 8.42 Å². The summed E-state index contributed by atoms with van der Waals surface area (Å²) in [7, 11) is -3.19. The average molecular weight is 481 g/mol. The smallest absolute Gasteiger partial charge is 0.189 e. The second kappa shape index (κ2) is 11.0. The molecule has 0 aromatic heterocycles. The van der Waals surface area contributed by atoms with Crippen LogP contribution >= 0.6 is 24.0 Å². The van der Waals surface area contributed by atoms with Crippen LogP contribution in [0.3, 0.4) is 0 Å². The molecule has 144 valence electrons. The highest BCUT2D eigenvalue weighted by atomic mass is 127. The summed E-state index contributed by atoms with van der Waals surface area (Å²) < 4.78 is 23.2. The molecule has 0 saturated heterocycles. The lowest BCUT2D eigenvalue weighted by Gasteiger charge is -2.15. The molecule has 5 nitrogen and oxygen atoms in total. The monoisotopic (exact) mass is 481 g/mol. The first kappa shape index (κ1) is 24.2. The zero-order chi connectivity index (χ0) is 18.3. The molecule has 0 aliphatic carbocycles. The van der Waals surface area contributed by atoms with Crippen molar-refractivity contribution in [2.24, 2.45) is 16.6 Å². The van der Waals surface area contributed by atoms with Crippen LogP contribution in [0.1, 0.15) is 51.2 Å². The molecule has 1 rings (SSSR count). The zero-order valence-corrected chi connectivity index (χ0v) is 19.0. The molecule has 0 aliphatic rings. The molecule has 1 unspecified atom stereocenters. The van der Waals surface area contributed by atoms with Crippen LogP contribution < -0.4 is 11.1 Å². The van der Waals surface area contributed by atoms with Crippen LogP contribution in [-0.2, 0) is 16.4 Å². The number of aryl methyl sites for hydroxylation is 1. The van der Waals surface area contributed by atoms with Crippen LogP contribution in [0.15, 0.2) is 28.1 Å². The number of hydrogen-bond donors (Lipinski definition) is 2. The molecular formula is C18H32IN3O2S. The fraction of sp³-hybridized carbons (Fsp3) is 0.611. The summed E-state index contributed by atoms with van der Waals surface area (Å²) in [5.41, 5.74) is 7.61. The van der Waals surface area contributed by atoms with E-state index in [-0.39, 0.29) is 24.0 Å². The van der Waals surface area contributed by atoms with Crippen LogP contribution in [0.2, 0.25) is 0 Å². The van der Waals surface area contributed by atoms with Crippen molar-refractivity contribution in [3.8, 4) is 0 Å². The maximum absolute atomic E-state index is 11.6. The quantitative estimate of drug-likeness (QED) is 0.338. The maximum Gasteiger partial charge on any atom is 0.189 e. The Bertz CT molecular complexity index is 673. The first-order valence-electron chi connectivity index (χ1n) is 8.45. The lowest BCUT2D eigenvalue weighted by molar-refractivity contribution is 0.493. The standard InChI is InChI=1S/C18H31N3O2S.HI/c1-13(2)7-6-8-15(4)21-18(19)20-12-16-9-10-17(14(3)11-16)24(5,22)23;/h9-11,13,15H,6-8,12H2,1-5H3,(H3,19,20,21);1H. The lowest BCUT2D eigenvalue weighted by atomic mass is 10.0. The molecule has 0 bridgehead atoms. The van der Waals surface area contributed by atoms with Crippen molar-refractivity contribution in [1.29, 1.82) is 0 Å². The summed E-state index contributed by atoms with van der Waals surface area (Å²) >= 11 is 0. The summed E-state index contributed by atoms with van der Waals surface area (Å²) in [5.74, 6) is 1.15. The Balaban J connectivity index is 0.00000576. The summed E-state index contributed by atoms with van der Waals surface area (Å²) in [4.78, 5) is 4.71. The van der Waals surface area contributed by atoms with Gasteiger partial charge >= 0.3 is 0 Å². The van der Waals surface area contributed by atoms with Gasteiger partial charge in [-0.25, -0.2) is 13.4 Å². The van der Waals surface area contributed by atoms with E-state index in [1.165, 1.54) is 19.1 Å². The van der Waals surface area contributed by atoms with Crippen LogP contribution in [0, 0.1) is 12.8 Å². The highest BCUT2D eigenvalue weighted by molar-refractivity contribution is 14.0. The minimum atomic E-state index is -3.19. The van der Waals surface area contributed by atoms with Gasteiger partial charge in [-0.2, -0.15) is 0 Å². The molecule has 1 aromatic carbocycles. The molecule has 1 aromatic rings. The van der Waals surface area contributed by atoms with E-state index < -0.39 is 9.84 Å². The minimum Gasteiger partial charge on any atom is -0.370 e. The van der Waals surface area contributed by atoms with Gasteiger partial charge in [0.25, 0.3) is 0 Å². The van der Waals surface area contributed by atoms with E-state index in [2.05, 4.69) is 31.1 Å². The molecule has 0 heterocycles. The van der Waals surface area contributed by atoms with E-state index in [0.29, 0.717) is 23.4 Å². The second-order valence-corrected chi connectivity index (χ2v) is 8.93. The van der Waals surface area contributed by atoms with Gasteiger partial charge in [-0.1, -0.05) is 38.8 Å². The number of sulfone groups is 1. The molecule has 0 saturated carbocycles. The number of guanidine groups is 1.